The van der Waals surface area contributed by atoms with Gasteiger partial charge in [0.15, 0.2) is 5.60 Å². The number of hydrogen-bond donors (Lipinski definition) is 0. The first-order valence-electron chi connectivity index (χ1n) is 10.0. The molecule has 0 saturated carbocycles. The zero-order valence-electron chi connectivity index (χ0n) is 17.1. The fourth-order valence-corrected chi connectivity index (χ4v) is 4.45. The van der Waals surface area contributed by atoms with Crippen LogP contribution in [0, 0.1) is 5.92 Å². The highest BCUT2D eigenvalue weighted by molar-refractivity contribution is 5.75. The van der Waals surface area contributed by atoms with E-state index in [1.54, 1.807) is 0 Å². The molecule has 0 N–H and O–H groups in total. The van der Waals surface area contributed by atoms with Gasteiger partial charge in [-0.25, -0.2) is 4.79 Å². The van der Waals surface area contributed by atoms with Crippen LogP contribution >= 0.6 is 0 Å². The molecule has 1 aliphatic heterocycles. The summed E-state index contributed by atoms with van der Waals surface area (Å²) in [6.45, 7) is 10.9. The molecule has 0 aromatic heterocycles. The van der Waals surface area contributed by atoms with E-state index in [2.05, 4.69) is 58.9 Å². The van der Waals surface area contributed by atoms with Gasteiger partial charge in [0.25, 0.3) is 0 Å². The Kier molecular flexibility index (Phi) is 5.32. The van der Waals surface area contributed by atoms with E-state index in [9.17, 15) is 4.79 Å². The molecule has 3 nitrogen and oxygen atoms in total. The Labute approximate surface area is 163 Å². The van der Waals surface area contributed by atoms with Gasteiger partial charge < -0.3 is 4.74 Å². The molecule has 3 rings (SSSR count). The molecule has 2 aromatic carbocycles. The van der Waals surface area contributed by atoms with Crippen LogP contribution in [0.5, 0.6) is 0 Å². The second-order valence-corrected chi connectivity index (χ2v) is 8.10. The Bertz CT molecular complexity index is 726. The number of carbonyl (C=O) groups excluding carboxylic acids is 1. The van der Waals surface area contributed by atoms with E-state index < -0.39 is 5.60 Å². The van der Waals surface area contributed by atoms with Crippen molar-refractivity contribution in [3.63, 3.8) is 0 Å². The van der Waals surface area contributed by atoms with Gasteiger partial charge in [-0.05, 0) is 25.7 Å². The highest BCUT2D eigenvalue weighted by atomic mass is 16.6. The predicted molar refractivity (Wildman–Crippen MR) is 110 cm³/mol. The molecule has 0 spiro atoms. The monoisotopic (exact) mass is 365 g/mol. The second kappa shape index (κ2) is 7.38. The lowest BCUT2D eigenvalue weighted by molar-refractivity contribution is 0.0410. The van der Waals surface area contributed by atoms with Crippen LogP contribution in [0.3, 0.4) is 0 Å². The summed E-state index contributed by atoms with van der Waals surface area (Å²) in [6, 6.07) is 20.3. The largest absolute Gasteiger partial charge is 0.431 e. The fraction of sp³-hybridized carbons (Fsp3) is 0.458. The number of hydrogen-bond acceptors (Lipinski definition) is 2. The lowest BCUT2D eigenvalue weighted by atomic mass is 9.74. The number of carbonyl (C=O) groups is 1. The predicted octanol–water partition coefficient (Wildman–Crippen LogP) is 5.99. The summed E-state index contributed by atoms with van der Waals surface area (Å²) in [4.78, 5) is 15.3. The Morgan fingerprint density at radius 1 is 0.963 bits per heavy atom. The summed E-state index contributed by atoms with van der Waals surface area (Å²) in [6.07, 6.45) is 1.57. The van der Waals surface area contributed by atoms with Gasteiger partial charge in [-0.1, -0.05) is 88.4 Å². The Morgan fingerprint density at radius 2 is 1.41 bits per heavy atom. The van der Waals surface area contributed by atoms with Crippen LogP contribution in [0.2, 0.25) is 0 Å². The summed E-state index contributed by atoms with van der Waals surface area (Å²) in [5.41, 5.74) is 1.01. The molecule has 0 radical (unpaired) electrons. The highest BCUT2D eigenvalue weighted by Gasteiger charge is 2.60. The minimum absolute atomic E-state index is 0.0836. The van der Waals surface area contributed by atoms with Gasteiger partial charge in [-0.3, -0.25) is 4.90 Å². The van der Waals surface area contributed by atoms with Gasteiger partial charge in [0.2, 0.25) is 0 Å². The van der Waals surface area contributed by atoms with Crippen LogP contribution in [0.15, 0.2) is 60.7 Å². The molecule has 2 aromatic rings. The number of benzene rings is 2. The maximum absolute atomic E-state index is 13.3. The van der Waals surface area contributed by atoms with Crippen molar-refractivity contribution in [1.82, 2.24) is 4.90 Å². The maximum atomic E-state index is 13.3. The summed E-state index contributed by atoms with van der Waals surface area (Å²) < 4.78 is 6.34. The standard InChI is InChI=1S/C24H31NO2/c1-6-23(5,7-2)25-21(18(3)4)24(27-22(25)26,19-14-10-8-11-15-19)20-16-12-9-13-17-20/h8-18,21H,6-7H2,1-5H3/t21-/m0/s1. The van der Waals surface area contributed by atoms with E-state index in [1.165, 1.54) is 0 Å². The third-order valence-corrected chi connectivity index (χ3v) is 6.28. The molecular formula is C24H31NO2. The first kappa shape index (κ1) is 19.5. The third kappa shape index (κ3) is 3.03. The van der Waals surface area contributed by atoms with Crippen LogP contribution in [0.25, 0.3) is 0 Å². The third-order valence-electron chi connectivity index (χ3n) is 6.28. The van der Waals surface area contributed by atoms with Gasteiger partial charge in [0, 0.05) is 16.7 Å². The van der Waals surface area contributed by atoms with Crippen LogP contribution in [0.4, 0.5) is 4.79 Å². The number of rotatable bonds is 6. The molecule has 0 aliphatic carbocycles. The fourth-order valence-electron chi connectivity index (χ4n) is 4.45. The number of ether oxygens (including phenoxy) is 1. The van der Waals surface area contributed by atoms with Crippen molar-refractivity contribution >= 4 is 6.09 Å². The van der Waals surface area contributed by atoms with E-state index in [-0.39, 0.29) is 23.6 Å². The van der Waals surface area contributed by atoms with Crippen LogP contribution in [0.1, 0.15) is 58.6 Å². The van der Waals surface area contributed by atoms with Crippen LogP contribution in [-0.4, -0.2) is 22.6 Å². The molecule has 144 valence electrons. The molecule has 1 amide bonds. The molecule has 1 aliphatic rings. The zero-order valence-corrected chi connectivity index (χ0v) is 17.1. The summed E-state index contributed by atoms with van der Waals surface area (Å²) in [7, 11) is 0. The molecular weight excluding hydrogens is 334 g/mol. The molecule has 1 saturated heterocycles. The van der Waals surface area contributed by atoms with Crippen molar-refractivity contribution < 1.29 is 9.53 Å². The minimum Gasteiger partial charge on any atom is -0.431 e. The van der Waals surface area contributed by atoms with E-state index >= 15 is 0 Å². The van der Waals surface area contributed by atoms with Gasteiger partial charge in [0.1, 0.15) is 0 Å². The lowest BCUT2D eigenvalue weighted by Gasteiger charge is -2.45. The van der Waals surface area contributed by atoms with Crippen molar-refractivity contribution in [2.45, 2.75) is 64.6 Å². The van der Waals surface area contributed by atoms with E-state index in [0.717, 1.165) is 24.0 Å². The number of amides is 1. The Morgan fingerprint density at radius 3 is 1.78 bits per heavy atom. The Hall–Kier alpha value is -2.29. The van der Waals surface area contributed by atoms with Crippen molar-refractivity contribution in [3.05, 3.63) is 71.8 Å². The Balaban J connectivity index is 2.29. The van der Waals surface area contributed by atoms with Gasteiger partial charge in [-0.15, -0.1) is 0 Å². The lowest BCUT2D eigenvalue weighted by Crippen LogP contribution is -2.56. The topological polar surface area (TPSA) is 29.5 Å². The van der Waals surface area contributed by atoms with E-state index in [0.29, 0.717) is 0 Å². The van der Waals surface area contributed by atoms with Gasteiger partial charge in [-0.2, -0.15) is 0 Å². The number of cyclic esters (lactones) is 1. The van der Waals surface area contributed by atoms with Gasteiger partial charge in [0.05, 0.1) is 6.04 Å². The second-order valence-electron chi connectivity index (χ2n) is 8.10. The molecule has 27 heavy (non-hydrogen) atoms. The summed E-state index contributed by atoms with van der Waals surface area (Å²) >= 11 is 0. The quantitative estimate of drug-likeness (QED) is 0.629. The van der Waals surface area contributed by atoms with Crippen molar-refractivity contribution in [1.29, 1.82) is 0 Å². The van der Waals surface area contributed by atoms with Crippen LogP contribution in [-0.2, 0) is 10.3 Å². The molecule has 0 bridgehead atoms. The maximum Gasteiger partial charge on any atom is 0.411 e. The average Bonchev–Trinajstić information content (AvgIpc) is 3.03. The van der Waals surface area contributed by atoms with Crippen molar-refractivity contribution in [2.24, 2.45) is 5.92 Å². The SMILES string of the molecule is CCC(C)(CC)N1C(=O)OC(c2ccccc2)(c2ccccc2)[C@@H]1C(C)C. The first-order chi connectivity index (χ1) is 12.9. The summed E-state index contributed by atoms with van der Waals surface area (Å²) in [5.74, 6) is 0.231. The molecule has 0 unspecified atom stereocenters. The molecule has 1 heterocycles. The first-order valence-corrected chi connectivity index (χ1v) is 10.0. The van der Waals surface area contributed by atoms with Crippen molar-refractivity contribution in [3.8, 4) is 0 Å². The zero-order chi connectivity index (χ0) is 19.7. The molecule has 3 heteroatoms. The smallest absolute Gasteiger partial charge is 0.411 e. The average molecular weight is 366 g/mol. The minimum atomic E-state index is -0.806. The van der Waals surface area contributed by atoms with E-state index in [1.807, 2.05) is 41.3 Å². The van der Waals surface area contributed by atoms with Crippen molar-refractivity contribution in [2.75, 3.05) is 0 Å². The highest BCUT2D eigenvalue weighted by Crippen LogP contribution is 2.50. The van der Waals surface area contributed by atoms with E-state index in [4.69, 9.17) is 4.74 Å². The summed E-state index contributed by atoms with van der Waals surface area (Å²) in [5, 5.41) is 0. The number of nitrogens with zero attached hydrogens (tertiary/aromatic N) is 1. The normalized spacial score (nSPS) is 19.4. The van der Waals surface area contributed by atoms with Gasteiger partial charge >= 0.3 is 6.09 Å². The molecule has 1 fully saturated rings. The van der Waals surface area contributed by atoms with Crippen LogP contribution < -0.4 is 0 Å². The molecule has 1 atom stereocenters.